The fraction of sp³-hybridized carbons (Fsp3) is 0.533. The standard InChI is InChI=1S/C15H21NO2/c1-11-4-5-13(8-12(11)2)14(17)9-16-7-6-15(3,18)10-16/h4-5,8,18H,6-7,9-10H2,1-3H3. The molecule has 1 saturated heterocycles. The number of likely N-dealkylation sites (tertiary alicyclic amines) is 1. The number of benzene rings is 1. The van der Waals surface area contributed by atoms with Crippen LogP contribution < -0.4 is 0 Å². The van der Waals surface area contributed by atoms with Crippen molar-refractivity contribution in [3.63, 3.8) is 0 Å². The molecule has 0 aliphatic carbocycles. The highest BCUT2D eigenvalue weighted by Gasteiger charge is 2.32. The third-order valence-electron chi connectivity index (χ3n) is 3.73. The zero-order valence-electron chi connectivity index (χ0n) is 11.4. The molecular formula is C15H21NO2. The van der Waals surface area contributed by atoms with Gasteiger partial charge < -0.3 is 5.11 Å². The van der Waals surface area contributed by atoms with Crippen LogP contribution in [-0.4, -0.2) is 41.0 Å². The lowest BCUT2D eigenvalue weighted by molar-refractivity contribution is 0.0669. The molecule has 0 bridgehead atoms. The number of carbonyl (C=O) groups is 1. The summed E-state index contributed by atoms with van der Waals surface area (Å²) in [6.45, 7) is 7.67. The summed E-state index contributed by atoms with van der Waals surface area (Å²) in [6.07, 6.45) is 0.743. The van der Waals surface area contributed by atoms with Crippen LogP contribution in [0.2, 0.25) is 0 Å². The maximum atomic E-state index is 12.2. The minimum absolute atomic E-state index is 0.135. The number of aryl methyl sites for hydroxylation is 2. The van der Waals surface area contributed by atoms with Gasteiger partial charge in [0, 0.05) is 18.7 Å². The van der Waals surface area contributed by atoms with Gasteiger partial charge in [-0.1, -0.05) is 12.1 Å². The lowest BCUT2D eigenvalue weighted by atomic mass is 10.0. The molecule has 1 unspecified atom stereocenters. The maximum absolute atomic E-state index is 12.2. The fourth-order valence-electron chi connectivity index (χ4n) is 2.38. The van der Waals surface area contributed by atoms with E-state index in [0.29, 0.717) is 13.1 Å². The first-order valence-electron chi connectivity index (χ1n) is 6.43. The van der Waals surface area contributed by atoms with Crippen LogP contribution in [0.3, 0.4) is 0 Å². The second-order valence-corrected chi connectivity index (χ2v) is 5.68. The van der Waals surface area contributed by atoms with Crippen molar-refractivity contribution < 1.29 is 9.90 Å². The van der Waals surface area contributed by atoms with E-state index < -0.39 is 5.60 Å². The van der Waals surface area contributed by atoms with Crippen molar-refractivity contribution in [2.45, 2.75) is 32.8 Å². The monoisotopic (exact) mass is 247 g/mol. The van der Waals surface area contributed by atoms with Crippen LogP contribution in [0, 0.1) is 13.8 Å². The van der Waals surface area contributed by atoms with Crippen molar-refractivity contribution in [1.29, 1.82) is 0 Å². The van der Waals surface area contributed by atoms with E-state index in [2.05, 4.69) is 0 Å². The first-order valence-corrected chi connectivity index (χ1v) is 6.43. The number of β-amino-alcohol motifs (C(OH)–C–C–N with tert-alkyl or cyclic N) is 1. The molecule has 98 valence electrons. The molecule has 1 heterocycles. The lowest BCUT2D eigenvalue weighted by Gasteiger charge is -2.18. The average molecular weight is 247 g/mol. The number of ketones is 1. The molecule has 2 rings (SSSR count). The third kappa shape index (κ3) is 2.98. The van der Waals surface area contributed by atoms with Gasteiger partial charge >= 0.3 is 0 Å². The Balaban J connectivity index is 2.02. The lowest BCUT2D eigenvalue weighted by Crippen LogP contribution is -2.33. The molecule has 1 fully saturated rings. The molecule has 0 amide bonds. The van der Waals surface area contributed by atoms with Crippen molar-refractivity contribution in [2.24, 2.45) is 0 Å². The quantitative estimate of drug-likeness (QED) is 0.830. The Morgan fingerprint density at radius 1 is 1.39 bits per heavy atom. The van der Waals surface area contributed by atoms with Gasteiger partial charge in [-0.2, -0.15) is 0 Å². The van der Waals surface area contributed by atoms with E-state index in [0.717, 1.165) is 24.1 Å². The van der Waals surface area contributed by atoms with Gasteiger partial charge in [0.05, 0.1) is 12.1 Å². The molecule has 1 N–H and O–H groups in total. The van der Waals surface area contributed by atoms with Gasteiger partial charge in [-0.15, -0.1) is 0 Å². The molecule has 1 aromatic rings. The van der Waals surface area contributed by atoms with E-state index >= 15 is 0 Å². The van der Waals surface area contributed by atoms with Gasteiger partial charge in [0.15, 0.2) is 5.78 Å². The van der Waals surface area contributed by atoms with Crippen LogP contribution in [0.15, 0.2) is 18.2 Å². The summed E-state index contributed by atoms with van der Waals surface area (Å²) in [5.41, 5.74) is 2.48. The molecule has 1 aliphatic heterocycles. The largest absolute Gasteiger partial charge is 0.389 e. The summed E-state index contributed by atoms with van der Waals surface area (Å²) in [6, 6.07) is 5.83. The van der Waals surface area contributed by atoms with Gasteiger partial charge in [0.25, 0.3) is 0 Å². The summed E-state index contributed by atoms with van der Waals surface area (Å²) in [5.74, 6) is 0.135. The van der Waals surface area contributed by atoms with Crippen LogP contribution in [-0.2, 0) is 0 Å². The molecular weight excluding hydrogens is 226 g/mol. The molecule has 3 nitrogen and oxygen atoms in total. The van der Waals surface area contributed by atoms with E-state index in [4.69, 9.17) is 0 Å². The molecule has 1 atom stereocenters. The summed E-state index contributed by atoms with van der Waals surface area (Å²) in [5, 5.41) is 9.88. The van der Waals surface area contributed by atoms with Crippen molar-refractivity contribution in [3.8, 4) is 0 Å². The van der Waals surface area contributed by atoms with Gasteiger partial charge in [-0.3, -0.25) is 9.69 Å². The maximum Gasteiger partial charge on any atom is 0.176 e. The summed E-state index contributed by atoms with van der Waals surface area (Å²) < 4.78 is 0. The number of Topliss-reactive ketones (excluding diaryl/α,β-unsaturated/α-hetero) is 1. The molecule has 1 aromatic carbocycles. The summed E-state index contributed by atoms with van der Waals surface area (Å²) in [4.78, 5) is 14.2. The number of aliphatic hydroxyl groups is 1. The van der Waals surface area contributed by atoms with E-state index in [9.17, 15) is 9.90 Å². The molecule has 0 radical (unpaired) electrons. The van der Waals surface area contributed by atoms with E-state index in [-0.39, 0.29) is 5.78 Å². The first kappa shape index (κ1) is 13.2. The molecule has 0 aromatic heterocycles. The Morgan fingerprint density at radius 2 is 2.11 bits per heavy atom. The highest BCUT2D eigenvalue weighted by atomic mass is 16.3. The Bertz CT molecular complexity index is 466. The predicted molar refractivity (Wildman–Crippen MR) is 71.9 cm³/mol. The SMILES string of the molecule is Cc1ccc(C(=O)CN2CCC(C)(O)C2)cc1C. The Morgan fingerprint density at radius 3 is 2.67 bits per heavy atom. The van der Waals surface area contributed by atoms with E-state index in [1.165, 1.54) is 5.56 Å². The zero-order chi connectivity index (χ0) is 13.3. The highest BCUT2D eigenvalue weighted by molar-refractivity contribution is 5.97. The van der Waals surface area contributed by atoms with Crippen molar-refractivity contribution in [1.82, 2.24) is 4.90 Å². The minimum atomic E-state index is -0.635. The Kier molecular flexibility index (Phi) is 3.55. The number of rotatable bonds is 3. The van der Waals surface area contributed by atoms with Crippen molar-refractivity contribution in [2.75, 3.05) is 19.6 Å². The number of nitrogens with zero attached hydrogens (tertiary/aromatic N) is 1. The van der Waals surface area contributed by atoms with Crippen LogP contribution in [0.5, 0.6) is 0 Å². The smallest absolute Gasteiger partial charge is 0.176 e. The predicted octanol–water partition coefficient (Wildman–Crippen LogP) is 1.94. The van der Waals surface area contributed by atoms with Gasteiger partial charge in [0.1, 0.15) is 0 Å². The molecule has 0 spiro atoms. The molecule has 0 saturated carbocycles. The van der Waals surface area contributed by atoms with Gasteiger partial charge in [-0.05, 0) is 44.4 Å². The topological polar surface area (TPSA) is 40.5 Å². The van der Waals surface area contributed by atoms with E-state index in [1.807, 2.05) is 43.9 Å². The van der Waals surface area contributed by atoms with Crippen LogP contribution in [0.4, 0.5) is 0 Å². The molecule has 1 aliphatic rings. The number of carbonyl (C=O) groups excluding carboxylic acids is 1. The third-order valence-corrected chi connectivity index (χ3v) is 3.73. The van der Waals surface area contributed by atoms with Gasteiger partial charge in [0.2, 0.25) is 0 Å². The number of hydrogen-bond acceptors (Lipinski definition) is 3. The first-order chi connectivity index (χ1) is 8.37. The van der Waals surface area contributed by atoms with Crippen LogP contribution in [0.1, 0.15) is 34.8 Å². The average Bonchev–Trinajstić information content (AvgIpc) is 2.62. The molecule has 18 heavy (non-hydrogen) atoms. The second-order valence-electron chi connectivity index (χ2n) is 5.68. The molecule has 3 heteroatoms. The normalized spacial score (nSPS) is 24.4. The highest BCUT2D eigenvalue weighted by Crippen LogP contribution is 2.20. The Labute approximate surface area is 108 Å². The van der Waals surface area contributed by atoms with Crippen LogP contribution >= 0.6 is 0 Å². The summed E-state index contributed by atoms with van der Waals surface area (Å²) >= 11 is 0. The summed E-state index contributed by atoms with van der Waals surface area (Å²) in [7, 11) is 0. The van der Waals surface area contributed by atoms with Crippen LogP contribution in [0.25, 0.3) is 0 Å². The van der Waals surface area contributed by atoms with Gasteiger partial charge in [-0.25, -0.2) is 0 Å². The minimum Gasteiger partial charge on any atom is -0.389 e. The van der Waals surface area contributed by atoms with Crippen molar-refractivity contribution in [3.05, 3.63) is 34.9 Å². The Hall–Kier alpha value is -1.19. The second kappa shape index (κ2) is 4.82. The van der Waals surface area contributed by atoms with E-state index in [1.54, 1.807) is 0 Å². The number of hydrogen-bond donors (Lipinski definition) is 1. The van der Waals surface area contributed by atoms with Crippen molar-refractivity contribution >= 4 is 5.78 Å². The fourth-order valence-corrected chi connectivity index (χ4v) is 2.38. The zero-order valence-corrected chi connectivity index (χ0v) is 11.4.